The van der Waals surface area contributed by atoms with Crippen LogP contribution in [0.2, 0.25) is 0 Å². The van der Waals surface area contributed by atoms with Crippen molar-refractivity contribution in [2.75, 3.05) is 25.1 Å². The first kappa shape index (κ1) is 15.9. The molecular formula is C14H19BrFNO2S. The predicted octanol–water partition coefficient (Wildman–Crippen LogP) is 2.40. The van der Waals surface area contributed by atoms with Crippen molar-refractivity contribution in [3.8, 4) is 0 Å². The van der Waals surface area contributed by atoms with E-state index in [1.807, 2.05) is 13.1 Å². The zero-order valence-corrected chi connectivity index (χ0v) is 13.8. The monoisotopic (exact) mass is 363 g/mol. The van der Waals surface area contributed by atoms with E-state index >= 15 is 0 Å². The van der Waals surface area contributed by atoms with Crippen LogP contribution in [-0.4, -0.2) is 33.5 Å². The third-order valence-electron chi connectivity index (χ3n) is 3.82. The van der Waals surface area contributed by atoms with Gasteiger partial charge in [0.2, 0.25) is 0 Å². The van der Waals surface area contributed by atoms with Crippen molar-refractivity contribution in [2.24, 2.45) is 11.8 Å². The Hall–Kier alpha value is -0.460. The molecule has 0 bridgehead atoms. The molecule has 0 amide bonds. The van der Waals surface area contributed by atoms with Gasteiger partial charge in [0.25, 0.3) is 0 Å². The molecule has 1 N–H and O–H groups in total. The Morgan fingerprint density at radius 3 is 2.75 bits per heavy atom. The molecule has 112 valence electrons. The fraction of sp³-hybridized carbons (Fsp3) is 0.571. The van der Waals surface area contributed by atoms with Crippen molar-refractivity contribution < 1.29 is 12.8 Å². The van der Waals surface area contributed by atoms with Gasteiger partial charge in [0, 0.05) is 4.47 Å². The van der Waals surface area contributed by atoms with Crippen LogP contribution in [0, 0.1) is 17.7 Å². The summed E-state index contributed by atoms with van der Waals surface area (Å²) in [6.07, 6.45) is 1.41. The molecule has 1 fully saturated rings. The van der Waals surface area contributed by atoms with Gasteiger partial charge in [-0.3, -0.25) is 0 Å². The van der Waals surface area contributed by atoms with Crippen molar-refractivity contribution in [3.05, 3.63) is 34.1 Å². The average Bonchev–Trinajstić information content (AvgIpc) is 2.68. The van der Waals surface area contributed by atoms with Crippen LogP contribution in [-0.2, 0) is 16.3 Å². The van der Waals surface area contributed by atoms with E-state index in [4.69, 9.17) is 0 Å². The second-order valence-corrected chi connectivity index (χ2v) is 8.61. The predicted molar refractivity (Wildman–Crippen MR) is 82.0 cm³/mol. The number of sulfone groups is 1. The Kier molecular flexibility index (Phi) is 5.20. The Morgan fingerprint density at radius 1 is 1.45 bits per heavy atom. The van der Waals surface area contributed by atoms with Crippen molar-refractivity contribution in [1.29, 1.82) is 0 Å². The van der Waals surface area contributed by atoms with Crippen molar-refractivity contribution in [3.63, 3.8) is 0 Å². The molecule has 0 radical (unpaired) electrons. The number of nitrogens with one attached hydrogen (secondary N) is 1. The Bertz CT molecular complexity index is 556. The highest BCUT2D eigenvalue weighted by Gasteiger charge is 2.33. The SMILES string of the molecule is CNCC(Cc1cc(F)cc(Br)c1)C1CCS(=O)(=O)C1. The summed E-state index contributed by atoms with van der Waals surface area (Å²) in [7, 11) is -1.02. The zero-order chi connectivity index (χ0) is 14.8. The van der Waals surface area contributed by atoms with E-state index < -0.39 is 9.84 Å². The smallest absolute Gasteiger partial charge is 0.150 e. The molecule has 0 spiro atoms. The second kappa shape index (κ2) is 6.54. The first-order valence-corrected chi connectivity index (χ1v) is 9.31. The van der Waals surface area contributed by atoms with Gasteiger partial charge < -0.3 is 5.32 Å². The summed E-state index contributed by atoms with van der Waals surface area (Å²) >= 11 is 3.29. The molecule has 20 heavy (non-hydrogen) atoms. The van der Waals surface area contributed by atoms with Gasteiger partial charge in [0.05, 0.1) is 11.5 Å². The van der Waals surface area contributed by atoms with Crippen molar-refractivity contribution in [2.45, 2.75) is 12.8 Å². The molecule has 0 aromatic heterocycles. The molecule has 3 nitrogen and oxygen atoms in total. The van der Waals surface area contributed by atoms with Gasteiger partial charge in [0.15, 0.2) is 9.84 Å². The van der Waals surface area contributed by atoms with Crippen molar-refractivity contribution >= 4 is 25.8 Å². The van der Waals surface area contributed by atoms with Crippen molar-refractivity contribution in [1.82, 2.24) is 5.32 Å². The van der Waals surface area contributed by atoms with Crippen LogP contribution < -0.4 is 5.32 Å². The number of benzene rings is 1. The standard InChI is InChI=1S/C14H19BrFNO2S/c1-17-8-12(11-2-3-20(18,19)9-11)4-10-5-13(15)7-14(16)6-10/h5-7,11-12,17H,2-4,8-9H2,1H3. The maximum absolute atomic E-state index is 13.4. The summed E-state index contributed by atoms with van der Waals surface area (Å²) in [5.41, 5.74) is 0.904. The molecule has 1 aliphatic heterocycles. The molecule has 1 saturated heterocycles. The zero-order valence-electron chi connectivity index (χ0n) is 11.4. The molecule has 0 aliphatic carbocycles. The molecule has 2 unspecified atom stereocenters. The van der Waals surface area contributed by atoms with Crippen LogP contribution in [0.3, 0.4) is 0 Å². The highest BCUT2D eigenvalue weighted by atomic mass is 79.9. The van der Waals surface area contributed by atoms with E-state index in [0.29, 0.717) is 12.8 Å². The summed E-state index contributed by atoms with van der Waals surface area (Å²) in [5.74, 6) is 0.651. The highest BCUT2D eigenvalue weighted by molar-refractivity contribution is 9.10. The van der Waals surface area contributed by atoms with Gasteiger partial charge in [-0.15, -0.1) is 0 Å². The molecule has 1 heterocycles. The maximum Gasteiger partial charge on any atom is 0.150 e. The van der Waals surface area contributed by atoms with E-state index in [-0.39, 0.29) is 29.2 Å². The van der Waals surface area contributed by atoms with Crippen LogP contribution in [0.5, 0.6) is 0 Å². The first-order chi connectivity index (χ1) is 9.39. The van der Waals surface area contributed by atoms with Crippen LogP contribution in [0.1, 0.15) is 12.0 Å². The summed E-state index contributed by atoms with van der Waals surface area (Å²) in [6, 6.07) is 4.85. The molecule has 2 rings (SSSR count). The Labute approximate surface area is 128 Å². The van der Waals surface area contributed by atoms with E-state index in [1.165, 1.54) is 12.1 Å². The lowest BCUT2D eigenvalue weighted by Gasteiger charge is -2.22. The van der Waals surface area contributed by atoms with Crippen LogP contribution in [0.25, 0.3) is 0 Å². The van der Waals surface area contributed by atoms with Crippen LogP contribution in [0.15, 0.2) is 22.7 Å². The molecule has 6 heteroatoms. The highest BCUT2D eigenvalue weighted by Crippen LogP contribution is 2.29. The largest absolute Gasteiger partial charge is 0.319 e. The lowest BCUT2D eigenvalue weighted by Crippen LogP contribution is -2.28. The van der Waals surface area contributed by atoms with Gasteiger partial charge in [-0.1, -0.05) is 15.9 Å². The van der Waals surface area contributed by atoms with E-state index in [1.54, 1.807) is 0 Å². The van der Waals surface area contributed by atoms with Gasteiger partial charge in [-0.2, -0.15) is 0 Å². The normalized spacial score (nSPS) is 22.9. The van der Waals surface area contributed by atoms with Gasteiger partial charge >= 0.3 is 0 Å². The third kappa shape index (κ3) is 4.27. The fourth-order valence-corrected chi connectivity index (χ4v) is 5.33. The quantitative estimate of drug-likeness (QED) is 0.873. The molecule has 2 atom stereocenters. The number of halogens is 2. The van der Waals surface area contributed by atoms with Gasteiger partial charge in [0.1, 0.15) is 5.82 Å². The van der Waals surface area contributed by atoms with Crippen LogP contribution >= 0.6 is 15.9 Å². The average molecular weight is 364 g/mol. The number of hydrogen-bond acceptors (Lipinski definition) is 3. The minimum atomic E-state index is -2.88. The Morgan fingerprint density at radius 2 is 2.20 bits per heavy atom. The first-order valence-electron chi connectivity index (χ1n) is 6.69. The molecule has 1 aromatic rings. The minimum absolute atomic E-state index is 0.162. The topological polar surface area (TPSA) is 46.2 Å². The summed E-state index contributed by atoms with van der Waals surface area (Å²) < 4.78 is 37.4. The molecule has 0 saturated carbocycles. The van der Waals surface area contributed by atoms with E-state index in [2.05, 4.69) is 21.2 Å². The Balaban J connectivity index is 2.13. The minimum Gasteiger partial charge on any atom is -0.319 e. The van der Waals surface area contributed by atoms with E-state index in [0.717, 1.165) is 16.6 Å². The molecular weight excluding hydrogens is 345 g/mol. The van der Waals surface area contributed by atoms with Crippen LogP contribution in [0.4, 0.5) is 4.39 Å². The summed E-state index contributed by atoms with van der Waals surface area (Å²) in [5, 5.41) is 3.12. The van der Waals surface area contributed by atoms with Gasteiger partial charge in [-0.05, 0) is 62.0 Å². The maximum atomic E-state index is 13.4. The number of rotatable bonds is 5. The number of hydrogen-bond donors (Lipinski definition) is 1. The third-order valence-corrected chi connectivity index (χ3v) is 6.07. The fourth-order valence-electron chi connectivity index (χ4n) is 2.89. The summed E-state index contributed by atoms with van der Waals surface area (Å²) in [6.45, 7) is 0.744. The molecule has 1 aliphatic rings. The summed E-state index contributed by atoms with van der Waals surface area (Å²) in [4.78, 5) is 0. The molecule has 1 aromatic carbocycles. The van der Waals surface area contributed by atoms with Gasteiger partial charge in [-0.25, -0.2) is 12.8 Å². The lowest BCUT2D eigenvalue weighted by atomic mass is 9.86. The lowest BCUT2D eigenvalue weighted by molar-refractivity contribution is 0.351. The second-order valence-electron chi connectivity index (χ2n) is 5.46. The van der Waals surface area contributed by atoms with E-state index in [9.17, 15) is 12.8 Å².